The lowest BCUT2D eigenvalue weighted by molar-refractivity contribution is 0.205. The van der Waals surface area contributed by atoms with Crippen molar-refractivity contribution in [2.45, 2.75) is 25.4 Å². The lowest BCUT2D eigenvalue weighted by atomic mass is 10.1. The molecule has 1 aromatic carbocycles. The molecule has 2 rings (SSSR count). The molecule has 0 spiro atoms. The third kappa shape index (κ3) is 3.03. The van der Waals surface area contributed by atoms with E-state index in [4.69, 9.17) is 5.73 Å². The van der Waals surface area contributed by atoms with E-state index in [1.54, 1.807) is 12.1 Å². The fourth-order valence-electron chi connectivity index (χ4n) is 2.01. The largest absolute Gasteiger partial charge is 0.328 e. The summed E-state index contributed by atoms with van der Waals surface area (Å²) in [5.41, 5.74) is 6.87. The van der Waals surface area contributed by atoms with Crippen molar-refractivity contribution in [3.05, 3.63) is 34.1 Å². The molecule has 1 heterocycles. The van der Waals surface area contributed by atoms with Crippen molar-refractivity contribution < 1.29 is 4.39 Å². The Morgan fingerprint density at radius 2 is 2.06 bits per heavy atom. The predicted molar refractivity (Wildman–Crippen MR) is 66.6 cm³/mol. The highest BCUT2D eigenvalue weighted by molar-refractivity contribution is 9.10. The first kappa shape index (κ1) is 12.0. The van der Waals surface area contributed by atoms with Gasteiger partial charge in [-0.15, -0.1) is 0 Å². The molecule has 0 aromatic heterocycles. The zero-order valence-corrected chi connectivity index (χ0v) is 10.7. The molecule has 1 aromatic rings. The number of halogens is 2. The van der Waals surface area contributed by atoms with Gasteiger partial charge in [-0.05, 0) is 59.6 Å². The molecule has 2 N–H and O–H groups in total. The van der Waals surface area contributed by atoms with Gasteiger partial charge in [-0.3, -0.25) is 4.90 Å². The molecule has 1 aliphatic heterocycles. The summed E-state index contributed by atoms with van der Waals surface area (Å²) in [5, 5.41) is 0. The Kier molecular flexibility index (Phi) is 3.95. The van der Waals surface area contributed by atoms with E-state index >= 15 is 0 Å². The van der Waals surface area contributed by atoms with Crippen LogP contribution < -0.4 is 5.73 Å². The van der Waals surface area contributed by atoms with Crippen molar-refractivity contribution in [3.8, 4) is 0 Å². The van der Waals surface area contributed by atoms with Crippen molar-refractivity contribution in [3.63, 3.8) is 0 Å². The van der Waals surface area contributed by atoms with Crippen molar-refractivity contribution in [2.24, 2.45) is 5.73 Å². The molecule has 0 radical (unpaired) electrons. The van der Waals surface area contributed by atoms with Gasteiger partial charge in [0.05, 0.1) is 4.47 Å². The maximum Gasteiger partial charge on any atom is 0.137 e. The fraction of sp³-hybridized carbons (Fsp3) is 0.500. The SMILES string of the molecule is NC1CCN(Cc2ccc(Br)c(F)c2)CC1. The van der Waals surface area contributed by atoms with Gasteiger partial charge in [0.15, 0.2) is 0 Å². The minimum Gasteiger partial charge on any atom is -0.328 e. The van der Waals surface area contributed by atoms with E-state index in [0.29, 0.717) is 10.5 Å². The smallest absolute Gasteiger partial charge is 0.137 e. The fourth-order valence-corrected chi connectivity index (χ4v) is 2.25. The Labute approximate surface area is 104 Å². The predicted octanol–water partition coefficient (Wildman–Crippen LogP) is 2.51. The number of piperidine rings is 1. The van der Waals surface area contributed by atoms with Crippen molar-refractivity contribution in [1.29, 1.82) is 0 Å². The molecule has 1 saturated heterocycles. The molecule has 88 valence electrons. The molecule has 0 bridgehead atoms. The molecule has 0 aliphatic carbocycles. The maximum absolute atomic E-state index is 13.3. The Morgan fingerprint density at radius 3 is 2.69 bits per heavy atom. The third-order valence-corrected chi connectivity index (χ3v) is 3.67. The van der Waals surface area contributed by atoms with Crippen LogP contribution in [0.15, 0.2) is 22.7 Å². The van der Waals surface area contributed by atoms with Gasteiger partial charge in [0.1, 0.15) is 5.82 Å². The van der Waals surface area contributed by atoms with Crippen LogP contribution in [0.3, 0.4) is 0 Å². The van der Waals surface area contributed by atoms with Gasteiger partial charge in [0.2, 0.25) is 0 Å². The highest BCUT2D eigenvalue weighted by Gasteiger charge is 2.16. The van der Waals surface area contributed by atoms with Crippen LogP contribution in [0, 0.1) is 5.82 Å². The zero-order valence-electron chi connectivity index (χ0n) is 9.13. The summed E-state index contributed by atoms with van der Waals surface area (Å²) in [6, 6.07) is 5.67. The first-order valence-electron chi connectivity index (χ1n) is 5.57. The Hall–Kier alpha value is -0.450. The second-order valence-electron chi connectivity index (χ2n) is 4.36. The summed E-state index contributed by atoms with van der Waals surface area (Å²) in [7, 11) is 0. The van der Waals surface area contributed by atoms with Gasteiger partial charge in [-0.25, -0.2) is 4.39 Å². The van der Waals surface area contributed by atoms with E-state index in [1.807, 2.05) is 6.07 Å². The zero-order chi connectivity index (χ0) is 11.5. The quantitative estimate of drug-likeness (QED) is 0.905. The Bertz CT molecular complexity index is 362. The first-order chi connectivity index (χ1) is 7.65. The number of nitrogens with two attached hydrogens (primary N) is 1. The van der Waals surface area contributed by atoms with Gasteiger partial charge in [0, 0.05) is 12.6 Å². The van der Waals surface area contributed by atoms with Crippen LogP contribution >= 0.6 is 15.9 Å². The molecule has 0 unspecified atom stereocenters. The molecular weight excluding hydrogens is 271 g/mol. The third-order valence-electron chi connectivity index (χ3n) is 3.02. The molecule has 0 saturated carbocycles. The van der Waals surface area contributed by atoms with E-state index in [9.17, 15) is 4.39 Å². The molecule has 1 aliphatic rings. The van der Waals surface area contributed by atoms with Crippen molar-refractivity contribution in [2.75, 3.05) is 13.1 Å². The highest BCUT2D eigenvalue weighted by Crippen LogP contribution is 2.18. The van der Waals surface area contributed by atoms with Crippen LogP contribution in [-0.4, -0.2) is 24.0 Å². The van der Waals surface area contributed by atoms with Crippen LogP contribution in [0.2, 0.25) is 0 Å². The summed E-state index contributed by atoms with van der Waals surface area (Å²) in [5.74, 6) is -0.189. The van der Waals surface area contributed by atoms with E-state index < -0.39 is 0 Å². The lowest BCUT2D eigenvalue weighted by Crippen LogP contribution is -2.39. The van der Waals surface area contributed by atoms with Crippen LogP contribution in [-0.2, 0) is 6.54 Å². The highest BCUT2D eigenvalue weighted by atomic mass is 79.9. The average Bonchev–Trinajstić information content (AvgIpc) is 2.27. The second-order valence-corrected chi connectivity index (χ2v) is 5.22. The van der Waals surface area contributed by atoms with Gasteiger partial charge in [0.25, 0.3) is 0 Å². The number of hydrogen-bond donors (Lipinski definition) is 1. The number of rotatable bonds is 2. The topological polar surface area (TPSA) is 29.3 Å². The molecule has 0 atom stereocenters. The van der Waals surface area contributed by atoms with Crippen LogP contribution in [0.5, 0.6) is 0 Å². The van der Waals surface area contributed by atoms with Gasteiger partial charge < -0.3 is 5.73 Å². The van der Waals surface area contributed by atoms with Gasteiger partial charge >= 0.3 is 0 Å². The van der Waals surface area contributed by atoms with E-state index in [1.165, 1.54) is 0 Å². The van der Waals surface area contributed by atoms with Gasteiger partial charge in [-0.2, -0.15) is 0 Å². The summed E-state index contributed by atoms with van der Waals surface area (Å²) >= 11 is 3.16. The number of hydrogen-bond acceptors (Lipinski definition) is 2. The monoisotopic (exact) mass is 286 g/mol. The minimum absolute atomic E-state index is 0.189. The Balaban J connectivity index is 1.96. The van der Waals surface area contributed by atoms with Crippen molar-refractivity contribution in [1.82, 2.24) is 4.90 Å². The van der Waals surface area contributed by atoms with Gasteiger partial charge in [-0.1, -0.05) is 6.07 Å². The second kappa shape index (κ2) is 5.25. The first-order valence-corrected chi connectivity index (χ1v) is 6.36. The van der Waals surface area contributed by atoms with E-state index in [0.717, 1.165) is 38.0 Å². The number of benzene rings is 1. The Morgan fingerprint density at radius 1 is 1.38 bits per heavy atom. The molecule has 4 heteroatoms. The van der Waals surface area contributed by atoms with Crippen molar-refractivity contribution >= 4 is 15.9 Å². The molecule has 0 amide bonds. The number of nitrogens with zero attached hydrogens (tertiary/aromatic N) is 1. The minimum atomic E-state index is -0.189. The molecule has 1 fully saturated rings. The maximum atomic E-state index is 13.3. The molecule has 16 heavy (non-hydrogen) atoms. The van der Waals surface area contributed by atoms with Crippen LogP contribution in [0.25, 0.3) is 0 Å². The standard InChI is InChI=1S/C12H16BrFN2/c13-11-2-1-9(7-12(11)14)8-16-5-3-10(15)4-6-16/h1-2,7,10H,3-6,8,15H2. The molecule has 2 nitrogen and oxygen atoms in total. The normalized spacial score (nSPS) is 18.9. The van der Waals surface area contributed by atoms with Crippen LogP contribution in [0.1, 0.15) is 18.4 Å². The summed E-state index contributed by atoms with van der Waals surface area (Å²) in [4.78, 5) is 2.33. The lowest BCUT2D eigenvalue weighted by Gasteiger charge is -2.30. The van der Waals surface area contributed by atoms with Crippen LogP contribution in [0.4, 0.5) is 4.39 Å². The number of likely N-dealkylation sites (tertiary alicyclic amines) is 1. The summed E-state index contributed by atoms with van der Waals surface area (Å²) < 4.78 is 13.8. The molecular formula is C12H16BrFN2. The van der Waals surface area contributed by atoms with E-state index in [-0.39, 0.29) is 5.82 Å². The van der Waals surface area contributed by atoms with E-state index in [2.05, 4.69) is 20.8 Å². The summed E-state index contributed by atoms with van der Waals surface area (Å²) in [6.45, 7) is 2.84. The average molecular weight is 287 g/mol. The summed E-state index contributed by atoms with van der Waals surface area (Å²) in [6.07, 6.45) is 2.08.